The Morgan fingerprint density at radius 2 is 2.05 bits per heavy atom. The molecule has 2 rings (SSSR count). The fourth-order valence-corrected chi connectivity index (χ4v) is 2.81. The fourth-order valence-electron chi connectivity index (χ4n) is 2.81. The van der Waals surface area contributed by atoms with Gasteiger partial charge < -0.3 is 20.5 Å². The van der Waals surface area contributed by atoms with Gasteiger partial charge in [-0.05, 0) is 26.7 Å². The second-order valence-corrected chi connectivity index (χ2v) is 5.75. The number of hydrogen-bond acceptors (Lipinski definition) is 5. The van der Waals surface area contributed by atoms with Gasteiger partial charge in [0.2, 0.25) is 5.91 Å². The molecule has 2 heterocycles. The Bertz CT molecular complexity index is 321. The van der Waals surface area contributed by atoms with Gasteiger partial charge in [0, 0.05) is 31.7 Å². The van der Waals surface area contributed by atoms with E-state index in [9.17, 15) is 4.79 Å². The average Bonchev–Trinajstić information content (AvgIpc) is 2.96. The molecule has 0 aliphatic carbocycles. The van der Waals surface area contributed by atoms with Crippen molar-refractivity contribution >= 4 is 5.91 Å². The summed E-state index contributed by atoms with van der Waals surface area (Å²) in [5.74, 6) is -0.00596. The maximum Gasteiger partial charge on any atom is 0.249 e. The smallest absolute Gasteiger partial charge is 0.249 e. The minimum absolute atomic E-state index is 0.00596. The van der Waals surface area contributed by atoms with Crippen LogP contribution in [0.3, 0.4) is 0 Å². The van der Waals surface area contributed by atoms with E-state index in [1.54, 1.807) is 0 Å². The first-order valence-electron chi connectivity index (χ1n) is 7.59. The Kier molecular flexibility index (Phi) is 5.77. The molecule has 0 aromatic carbocycles. The molecule has 0 spiro atoms. The summed E-state index contributed by atoms with van der Waals surface area (Å²) in [6.07, 6.45) is 1.36. The number of rotatable bonds is 5. The van der Waals surface area contributed by atoms with E-state index in [1.807, 2.05) is 6.92 Å². The summed E-state index contributed by atoms with van der Waals surface area (Å²) in [5.41, 5.74) is 5.57. The molecule has 2 fully saturated rings. The molecule has 0 saturated carbocycles. The van der Waals surface area contributed by atoms with Crippen molar-refractivity contribution in [1.29, 1.82) is 0 Å². The molecular weight excluding hydrogens is 258 g/mol. The third-order valence-electron chi connectivity index (χ3n) is 4.38. The topological polar surface area (TPSA) is 76.8 Å². The van der Waals surface area contributed by atoms with Crippen molar-refractivity contribution in [2.75, 3.05) is 32.8 Å². The lowest BCUT2D eigenvalue weighted by Crippen LogP contribution is -2.53. The van der Waals surface area contributed by atoms with Crippen LogP contribution in [0.5, 0.6) is 0 Å². The number of ether oxygens (including phenoxy) is 2. The standard InChI is InChI=1S/C14H27N3O3/c1-10(11(2)17-5-7-19-8-6-17)16-14(18)13-4-3-12(9-15)20-13/h10-13H,3-9,15H2,1-2H3,(H,16,18)/t10?,11?,12-,13+/m1/s1. The van der Waals surface area contributed by atoms with Crippen LogP contribution in [0.25, 0.3) is 0 Å². The predicted octanol–water partition coefficient (Wildman–Crippen LogP) is -0.282. The highest BCUT2D eigenvalue weighted by Gasteiger charge is 2.32. The summed E-state index contributed by atoms with van der Waals surface area (Å²) in [7, 11) is 0. The molecule has 0 aromatic heterocycles. The van der Waals surface area contributed by atoms with Crippen molar-refractivity contribution in [3.8, 4) is 0 Å². The van der Waals surface area contributed by atoms with Gasteiger partial charge in [-0.2, -0.15) is 0 Å². The van der Waals surface area contributed by atoms with Gasteiger partial charge in [-0.15, -0.1) is 0 Å². The van der Waals surface area contributed by atoms with Crippen LogP contribution in [0, 0.1) is 0 Å². The van der Waals surface area contributed by atoms with Crippen LogP contribution in [0.1, 0.15) is 26.7 Å². The Labute approximate surface area is 121 Å². The number of nitrogens with zero attached hydrogens (tertiary/aromatic N) is 1. The lowest BCUT2D eigenvalue weighted by Gasteiger charge is -2.36. The van der Waals surface area contributed by atoms with Gasteiger partial charge in [-0.25, -0.2) is 0 Å². The van der Waals surface area contributed by atoms with E-state index >= 15 is 0 Å². The van der Waals surface area contributed by atoms with E-state index in [2.05, 4.69) is 17.1 Å². The number of carbonyl (C=O) groups is 1. The van der Waals surface area contributed by atoms with Gasteiger partial charge in [0.15, 0.2) is 0 Å². The first kappa shape index (κ1) is 15.7. The third kappa shape index (κ3) is 3.91. The molecule has 0 aromatic rings. The zero-order valence-corrected chi connectivity index (χ0v) is 12.5. The van der Waals surface area contributed by atoms with Crippen molar-refractivity contribution in [1.82, 2.24) is 10.2 Å². The summed E-state index contributed by atoms with van der Waals surface area (Å²) in [6.45, 7) is 8.09. The van der Waals surface area contributed by atoms with Gasteiger partial charge in [0.25, 0.3) is 0 Å². The average molecular weight is 285 g/mol. The number of hydrogen-bond donors (Lipinski definition) is 2. The molecular formula is C14H27N3O3. The highest BCUT2D eigenvalue weighted by Crippen LogP contribution is 2.19. The maximum atomic E-state index is 12.2. The summed E-state index contributed by atoms with van der Waals surface area (Å²) in [4.78, 5) is 14.5. The molecule has 2 aliphatic heterocycles. The zero-order chi connectivity index (χ0) is 14.5. The fraction of sp³-hybridized carbons (Fsp3) is 0.929. The molecule has 1 amide bonds. The van der Waals surface area contributed by atoms with E-state index in [0.29, 0.717) is 12.6 Å². The number of carbonyl (C=O) groups excluding carboxylic acids is 1. The highest BCUT2D eigenvalue weighted by molar-refractivity contribution is 5.81. The Balaban J connectivity index is 1.78. The van der Waals surface area contributed by atoms with Crippen molar-refractivity contribution in [3.05, 3.63) is 0 Å². The molecule has 116 valence electrons. The van der Waals surface area contributed by atoms with E-state index < -0.39 is 0 Å². The summed E-state index contributed by atoms with van der Waals surface area (Å²) >= 11 is 0. The van der Waals surface area contributed by atoms with Crippen LogP contribution in [0.2, 0.25) is 0 Å². The SMILES string of the molecule is CC(NC(=O)[C@@H]1CC[C@H](CN)O1)C(C)N1CCOCC1. The van der Waals surface area contributed by atoms with Gasteiger partial charge in [-0.1, -0.05) is 0 Å². The van der Waals surface area contributed by atoms with E-state index in [-0.39, 0.29) is 24.2 Å². The number of morpholine rings is 1. The number of nitrogens with one attached hydrogen (secondary N) is 1. The molecule has 2 unspecified atom stereocenters. The predicted molar refractivity (Wildman–Crippen MR) is 76.4 cm³/mol. The lowest BCUT2D eigenvalue weighted by molar-refractivity contribution is -0.133. The van der Waals surface area contributed by atoms with Gasteiger partial charge in [-0.3, -0.25) is 9.69 Å². The van der Waals surface area contributed by atoms with Crippen molar-refractivity contribution in [3.63, 3.8) is 0 Å². The Morgan fingerprint density at radius 3 is 2.65 bits per heavy atom. The third-order valence-corrected chi connectivity index (χ3v) is 4.38. The van der Waals surface area contributed by atoms with Crippen LogP contribution < -0.4 is 11.1 Å². The van der Waals surface area contributed by atoms with Crippen molar-refractivity contribution in [2.24, 2.45) is 5.73 Å². The van der Waals surface area contributed by atoms with Crippen LogP contribution in [0.4, 0.5) is 0 Å². The van der Waals surface area contributed by atoms with Gasteiger partial charge in [0.1, 0.15) is 6.10 Å². The quantitative estimate of drug-likeness (QED) is 0.726. The monoisotopic (exact) mass is 285 g/mol. The molecule has 2 saturated heterocycles. The van der Waals surface area contributed by atoms with Crippen molar-refractivity contribution in [2.45, 2.75) is 51.0 Å². The molecule has 6 nitrogen and oxygen atoms in total. The second kappa shape index (κ2) is 7.36. The number of amides is 1. The highest BCUT2D eigenvalue weighted by atomic mass is 16.5. The van der Waals surface area contributed by atoms with Crippen LogP contribution in [-0.2, 0) is 14.3 Å². The normalized spacial score (nSPS) is 30.9. The van der Waals surface area contributed by atoms with Gasteiger partial charge in [0.05, 0.1) is 19.3 Å². The van der Waals surface area contributed by atoms with Crippen LogP contribution in [0.15, 0.2) is 0 Å². The zero-order valence-electron chi connectivity index (χ0n) is 12.5. The summed E-state index contributed by atoms with van der Waals surface area (Å²) in [5, 5.41) is 3.08. The molecule has 6 heteroatoms. The van der Waals surface area contributed by atoms with Crippen LogP contribution in [-0.4, -0.2) is 67.9 Å². The van der Waals surface area contributed by atoms with Crippen LogP contribution >= 0.6 is 0 Å². The van der Waals surface area contributed by atoms with E-state index in [0.717, 1.165) is 39.1 Å². The molecule has 0 radical (unpaired) electrons. The largest absolute Gasteiger partial charge is 0.379 e. The second-order valence-electron chi connectivity index (χ2n) is 5.75. The first-order chi connectivity index (χ1) is 9.61. The Morgan fingerprint density at radius 1 is 1.35 bits per heavy atom. The van der Waals surface area contributed by atoms with E-state index in [1.165, 1.54) is 0 Å². The molecule has 4 atom stereocenters. The van der Waals surface area contributed by atoms with E-state index in [4.69, 9.17) is 15.2 Å². The summed E-state index contributed by atoms with van der Waals surface area (Å²) in [6, 6.07) is 0.399. The van der Waals surface area contributed by atoms with Gasteiger partial charge >= 0.3 is 0 Å². The maximum absolute atomic E-state index is 12.2. The molecule has 0 bridgehead atoms. The first-order valence-corrected chi connectivity index (χ1v) is 7.59. The molecule has 20 heavy (non-hydrogen) atoms. The Hall–Kier alpha value is -0.690. The van der Waals surface area contributed by atoms with Crippen molar-refractivity contribution < 1.29 is 14.3 Å². The lowest BCUT2D eigenvalue weighted by atomic mass is 10.1. The summed E-state index contributed by atoms with van der Waals surface area (Å²) < 4.78 is 11.0. The molecule has 2 aliphatic rings. The minimum atomic E-state index is -0.331. The molecule has 3 N–H and O–H groups in total. The number of nitrogens with two attached hydrogens (primary N) is 1. The minimum Gasteiger partial charge on any atom is -0.379 e.